The molecule has 86 valence electrons. The Labute approximate surface area is 99.4 Å². The lowest BCUT2D eigenvalue weighted by atomic mass is 9.73. The van der Waals surface area contributed by atoms with Crippen LogP contribution in [0.5, 0.6) is 0 Å². The summed E-state index contributed by atoms with van der Waals surface area (Å²) in [5.74, 6) is -0.219. The molecule has 1 heterocycles. The second kappa shape index (κ2) is 4.58. The second-order valence-corrected chi connectivity index (χ2v) is 5.38. The zero-order valence-electron chi connectivity index (χ0n) is 8.47. The van der Waals surface area contributed by atoms with Crippen molar-refractivity contribution in [2.24, 2.45) is 5.92 Å². The number of alkyl halides is 2. The molecule has 2 aliphatic rings. The van der Waals surface area contributed by atoms with Gasteiger partial charge < -0.3 is 4.74 Å². The minimum atomic E-state index is -0.922. The fourth-order valence-corrected chi connectivity index (χ4v) is 2.96. The van der Waals surface area contributed by atoms with E-state index < -0.39 is 4.84 Å². The monoisotopic (exact) mass is 251 g/mol. The van der Waals surface area contributed by atoms with Gasteiger partial charge in [-0.2, -0.15) is 0 Å². The van der Waals surface area contributed by atoms with Gasteiger partial charge in [0, 0.05) is 6.54 Å². The Hall–Kier alpha value is 0.170. The molecule has 1 aliphatic carbocycles. The molecular formula is C10H15Cl2NO2. The molecule has 2 atom stereocenters. The molecule has 0 aromatic rings. The molecule has 0 amide bonds. The van der Waals surface area contributed by atoms with Crippen molar-refractivity contribution in [3.8, 4) is 0 Å². The van der Waals surface area contributed by atoms with Crippen molar-refractivity contribution in [3.63, 3.8) is 0 Å². The van der Waals surface area contributed by atoms with E-state index in [1.165, 1.54) is 0 Å². The van der Waals surface area contributed by atoms with Gasteiger partial charge in [-0.25, -0.2) is 0 Å². The lowest BCUT2D eigenvalue weighted by molar-refractivity contribution is -0.135. The van der Waals surface area contributed by atoms with Crippen LogP contribution in [-0.4, -0.2) is 29.5 Å². The number of carbonyl (C=O) groups excluding carboxylic acids is 1. The van der Waals surface area contributed by atoms with Crippen LogP contribution in [-0.2, 0) is 9.53 Å². The van der Waals surface area contributed by atoms with Crippen molar-refractivity contribution >= 4 is 29.0 Å². The quantitative estimate of drug-likeness (QED) is 0.762. The molecule has 1 N–H and O–H groups in total. The van der Waals surface area contributed by atoms with Crippen molar-refractivity contribution in [2.45, 2.75) is 36.1 Å². The summed E-state index contributed by atoms with van der Waals surface area (Å²) in [5, 5.41) is 3.15. The van der Waals surface area contributed by atoms with Crippen LogP contribution < -0.4 is 5.32 Å². The highest BCUT2D eigenvalue weighted by Crippen LogP contribution is 2.40. The van der Waals surface area contributed by atoms with Crippen LogP contribution in [0.1, 0.15) is 25.7 Å². The predicted molar refractivity (Wildman–Crippen MR) is 59.1 cm³/mol. The largest absolute Gasteiger partial charge is 0.358 e. The molecule has 2 rings (SSSR count). The highest BCUT2D eigenvalue weighted by atomic mass is 35.5. The van der Waals surface area contributed by atoms with Gasteiger partial charge in [-0.15, -0.1) is 0 Å². The SMILES string of the molecule is O=C(C(Cl)Cl)C1CCCCC12CNCO2. The minimum Gasteiger partial charge on any atom is -0.358 e. The van der Waals surface area contributed by atoms with Gasteiger partial charge in [0.25, 0.3) is 0 Å². The number of ketones is 1. The van der Waals surface area contributed by atoms with Crippen LogP contribution in [0.15, 0.2) is 0 Å². The number of ether oxygens (including phenoxy) is 1. The Balaban J connectivity index is 2.15. The van der Waals surface area contributed by atoms with E-state index in [0.29, 0.717) is 6.73 Å². The number of Topliss-reactive ketones (excluding diaryl/α,β-unsaturated/α-hetero) is 1. The summed E-state index contributed by atoms with van der Waals surface area (Å²) in [6, 6.07) is 0. The molecular weight excluding hydrogens is 237 g/mol. The van der Waals surface area contributed by atoms with Crippen LogP contribution in [0, 0.1) is 5.92 Å². The summed E-state index contributed by atoms with van der Waals surface area (Å²) in [6.45, 7) is 1.27. The molecule has 2 unspecified atom stereocenters. The molecule has 2 fully saturated rings. The van der Waals surface area contributed by atoms with Crippen LogP contribution in [0.3, 0.4) is 0 Å². The lowest BCUT2D eigenvalue weighted by Gasteiger charge is -2.39. The molecule has 0 radical (unpaired) electrons. The van der Waals surface area contributed by atoms with Crippen LogP contribution >= 0.6 is 23.2 Å². The minimum absolute atomic E-state index is 0.0817. The zero-order chi connectivity index (χ0) is 10.9. The first kappa shape index (κ1) is 11.6. The summed E-state index contributed by atoms with van der Waals surface area (Å²) in [5.41, 5.74) is -0.336. The second-order valence-electron chi connectivity index (χ2n) is 4.28. The van der Waals surface area contributed by atoms with E-state index in [1.54, 1.807) is 0 Å². The van der Waals surface area contributed by atoms with Gasteiger partial charge >= 0.3 is 0 Å². The van der Waals surface area contributed by atoms with E-state index >= 15 is 0 Å². The van der Waals surface area contributed by atoms with E-state index in [9.17, 15) is 4.79 Å². The van der Waals surface area contributed by atoms with Crippen molar-refractivity contribution < 1.29 is 9.53 Å². The summed E-state index contributed by atoms with van der Waals surface area (Å²) < 4.78 is 5.72. The van der Waals surface area contributed by atoms with Gasteiger partial charge in [0.15, 0.2) is 10.6 Å². The number of halogens is 2. The Bertz CT molecular complexity index is 252. The molecule has 1 saturated heterocycles. The molecule has 15 heavy (non-hydrogen) atoms. The summed E-state index contributed by atoms with van der Waals surface area (Å²) in [6.07, 6.45) is 3.94. The zero-order valence-corrected chi connectivity index (χ0v) is 9.98. The maximum atomic E-state index is 11.9. The van der Waals surface area contributed by atoms with Gasteiger partial charge in [-0.1, -0.05) is 36.0 Å². The normalized spacial score (nSPS) is 36.3. The van der Waals surface area contributed by atoms with E-state index in [2.05, 4.69) is 5.32 Å². The number of rotatable bonds is 2. The predicted octanol–water partition coefficient (Wildman–Crippen LogP) is 1.87. The standard InChI is InChI=1S/C10H15Cl2NO2/c11-9(12)8(14)7-3-1-2-4-10(7)5-13-6-15-10/h7,9,13H,1-6H2. The Morgan fingerprint density at radius 3 is 2.87 bits per heavy atom. The fraction of sp³-hybridized carbons (Fsp3) is 0.900. The Morgan fingerprint density at radius 2 is 2.27 bits per heavy atom. The van der Waals surface area contributed by atoms with Crippen LogP contribution in [0.2, 0.25) is 0 Å². The number of hydrogen-bond acceptors (Lipinski definition) is 3. The average Bonchev–Trinajstić information content (AvgIpc) is 2.67. The van der Waals surface area contributed by atoms with Gasteiger partial charge in [0.2, 0.25) is 0 Å². The molecule has 5 heteroatoms. The van der Waals surface area contributed by atoms with Gasteiger partial charge in [0.1, 0.15) is 0 Å². The van der Waals surface area contributed by atoms with E-state index in [-0.39, 0.29) is 17.3 Å². The summed E-state index contributed by atoms with van der Waals surface area (Å²) >= 11 is 11.3. The lowest BCUT2D eigenvalue weighted by Crippen LogP contribution is -2.49. The molecule has 0 aromatic carbocycles. The number of carbonyl (C=O) groups is 1. The Kier molecular flexibility index (Phi) is 3.56. The smallest absolute Gasteiger partial charge is 0.171 e. The summed E-state index contributed by atoms with van der Waals surface area (Å²) in [7, 11) is 0. The maximum Gasteiger partial charge on any atom is 0.171 e. The fourth-order valence-electron chi connectivity index (χ4n) is 2.66. The first-order valence-electron chi connectivity index (χ1n) is 5.32. The third-order valence-corrected chi connectivity index (χ3v) is 3.85. The molecule has 0 aromatic heterocycles. The van der Waals surface area contributed by atoms with Gasteiger partial charge in [0.05, 0.1) is 18.2 Å². The summed E-state index contributed by atoms with van der Waals surface area (Å²) in [4.78, 5) is 11.0. The first-order valence-corrected chi connectivity index (χ1v) is 6.19. The van der Waals surface area contributed by atoms with E-state index in [4.69, 9.17) is 27.9 Å². The molecule has 0 bridgehead atoms. The third kappa shape index (κ3) is 2.16. The molecule has 3 nitrogen and oxygen atoms in total. The average molecular weight is 252 g/mol. The first-order chi connectivity index (χ1) is 7.16. The Morgan fingerprint density at radius 1 is 1.47 bits per heavy atom. The maximum absolute atomic E-state index is 11.9. The van der Waals surface area contributed by atoms with Crippen molar-refractivity contribution in [1.82, 2.24) is 5.32 Å². The third-order valence-electron chi connectivity index (χ3n) is 3.42. The topological polar surface area (TPSA) is 38.3 Å². The molecule has 1 saturated carbocycles. The van der Waals surface area contributed by atoms with Crippen molar-refractivity contribution in [1.29, 1.82) is 0 Å². The van der Waals surface area contributed by atoms with Crippen LogP contribution in [0.4, 0.5) is 0 Å². The molecule has 1 spiro atoms. The highest BCUT2D eigenvalue weighted by molar-refractivity contribution is 6.54. The highest BCUT2D eigenvalue weighted by Gasteiger charge is 2.48. The number of hydrogen-bond donors (Lipinski definition) is 1. The van der Waals surface area contributed by atoms with Gasteiger partial charge in [-0.3, -0.25) is 10.1 Å². The number of nitrogens with one attached hydrogen (secondary N) is 1. The van der Waals surface area contributed by atoms with Crippen molar-refractivity contribution in [3.05, 3.63) is 0 Å². The van der Waals surface area contributed by atoms with Crippen molar-refractivity contribution in [2.75, 3.05) is 13.3 Å². The van der Waals surface area contributed by atoms with E-state index in [1.807, 2.05) is 0 Å². The van der Waals surface area contributed by atoms with E-state index in [0.717, 1.165) is 32.2 Å². The van der Waals surface area contributed by atoms with Crippen LogP contribution in [0.25, 0.3) is 0 Å². The molecule has 1 aliphatic heterocycles. The van der Waals surface area contributed by atoms with Gasteiger partial charge in [-0.05, 0) is 12.8 Å².